The zero-order valence-electron chi connectivity index (χ0n) is 12.6. The highest BCUT2D eigenvalue weighted by atomic mass is 32.2. The first-order valence-electron chi connectivity index (χ1n) is 8.01. The summed E-state index contributed by atoms with van der Waals surface area (Å²) >= 11 is 0. The van der Waals surface area contributed by atoms with Gasteiger partial charge in [-0.2, -0.15) is 8.42 Å². The van der Waals surface area contributed by atoms with E-state index in [1.807, 2.05) is 0 Å². The van der Waals surface area contributed by atoms with E-state index in [0.717, 1.165) is 12.8 Å². The van der Waals surface area contributed by atoms with Crippen molar-refractivity contribution < 1.29 is 13.0 Å². The summed E-state index contributed by atoms with van der Waals surface area (Å²) in [5.74, 6) is -0.0786. The molecule has 120 valence electrons. The molecule has 0 aromatic heterocycles. The summed E-state index contributed by atoms with van der Waals surface area (Å²) in [6.07, 6.45) is 15.9. The Labute approximate surface area is 142 Å². The van der Waals surface area contributed by atoms with Gasteiger partial charge in [-0.15, -0.1) is 0 Å². The van der Waals surface area contributed by atoms with E-state index in [1.165, 1.54) is 64.2 Å². The van der Waals surface area contributed by atoms with Gasteiger partial charge >= 0.3 is 23.1 Å². The molecule has 0 fully saturated rings. The Balaban J connectivity index is 0. The van der Waals surface area contributed by atoms with Crippen molar-refractivity contribution in [3.05, 3.63) is 0 Å². The first kappa shape index (κ1) is 22.9. The van der Waals surface area contributed by atoms with Crippen molar-refractivity contribution in [2.75, 3.05) is 5.75 Å². The van der Waals surface area contributed by atoms with Gasteiger partial charge in [-0.1, -0.05) is 84.0 Å². The largest absolute Gasteiger partial charge is 0.316 e. The second-order valence-corrected chi connectivity index (χ2v) is 7.10. The van der Waals surface area contributed by atoms with E-state index >= 15 is 0 Å². The third-order valence-electron chi connectivity index (χ3n) is 3.51. The molecular formula is C15H34MgO3S. The molecule has 0 aliphatic heterocycles. The summed E-state index contributed by atoms with van der Waals surface area (Å²) in [6.45, 7) is 2.25. The predicted molar refractivity (Wildman–Crippen MR) is 90.7 cm³/mol. The van der Waals surface area contributed by atoms with Gasteiger partial charge in [0.05, 0.1) is 5.75 Å². The van der Waals surface area contributed by atoms with Gasteiger partial charge in [-0.3, -0.25) is 4.55 Å². The molecule has 0 aliphatic carbocycles. The molecule has 3 nitrogen and oxygen atoms in total. The molecule has 0 saturated carbocycles. The Morgan fingerprint density at radius 3 is 1.25 bits per heavy atom. The zero-order chi connectivity index (χ0) is 14.4. The smallest absolute Gasteiger partial charge is 0.286 e. The van der Waals surface area contributed by atoms with Gasteiger partial charge in [0.1, 0.15) is 0 Å². The van der Waals surface area contributed by atoms with Crippen LogP contribution in [-0.4, -0.2) is 41.8 Å². The van der Waals surface area contributed by atoms with Crippen molar-refractivity contribution in [1.29, 1.82) is 0 Å². The van der Waals surface area contributed by atoms with Crippen LogP contribution in [0.3, 0.4) is 0 Å². The van der Waals surface area contributed by atoms with Crippen LogP contribution in [0.25, 0.3) is 0 Å². The van der Waals surface area contributed by atoms with Crippen LogP contribution in [0.5, 0.6) is 0 Å². The van der Waals surface area contributed by atoms with E-state index in [1.54, 1.807) is 0 Å². The molecule has 0 amide bonds. The topological polar surface area (TPSA) is 54.4 Å². The van der Waals surface area contributed by atoms with Crippen LogP contribution in [0, 0.1) is 0 Å². The first-order chi connectivity index (χ1) is 9.06. The molecule has 0 radical (unpaired) electrons. The van der Waals surface area contributed by atoms with Gasteiger partial charge in [-0.25, -0.2) is 0 Å². The molecular weight excluding hydrogens is 285 g/mol. The van der Waals surface area contributed by atoms with Crippen molar-refractivity contribution in [2.24, 2.45) is 0 Å². The van der Waals surface area contributed by atoms with Crippen molar-refractivity contribution in [3.8, 4) is 0 Å². The quantitative estimate of drug-likeness (QED) is 0.299. The van der Waals surface area contributed by atoms with Gasteiger partial charge in [-0.05, 0) is 6.42 Å². The Kier molecular flexibility index (Phi) is 18.4. The minimum atomic E-state index is -3.74. The second-order valence-electron chi connectivity index (χ2n) is 5.53. The molecule has 0 aromatic carbocycles. The van der Waals surface area contributed by atoms with E-state index < -0.39 is 10.1 Å². The lowest BCUT2D eigenvalue weighted by Crippen LogP contribution is -2.03. The highest BCUT2D eigenvalue weighted by Gasteiger charge is 2.02. The standard InChI is InChI=1S/C15H32O3S.Mg.2H/c1-2-3-4-5-6-7-8-9-10-11-12-13-14-15-19(16,17)18;;;/h2-15H2,1H3,(H,16,17,18);;;. The van der Waals surface area contributed by atoms with E-state index in [9.17, 15) is 8.42 Å². The fourth-order valence-corrected chi connectivity index (χ4v) is 2.87. The fraction of sp³-hybridized carbons (Fsp3) is 1.00. The number of unbranched alkanes of at least 4 members (excludes halogenated alkanes) is 12. The van der Waals surface area contributed by atoms with Crippen LogP contribution >= 0.6 is 0 Å². The van der Waals surface area contributed by atoms with Crippen LogP contribution < -0.4 is 0 Å². The van der Waals surface area contributed by atoms with E-state index in [2.05, 4.69) is 6.92 Å². The molecule has 1 N–H and O–H groups in total. The molecule has 0 atom stereocenters. The summed E-state index contributed by atoms with van der Waals surface area (Å²) < 4.78 is 29.5. The van der Waals surface area contributed by atoms with Crippen molar-refractivity contribution in [2.45, 2.75) is 90.4 Å². The molecule has 0 saturated heterocycles. The Morgan fingerprint density at radius 2 is 0.950 bits per heavy atom. The van der Waals surface area contributed by atoms with Crippen molar-refractivity contribution >= 4 is 33.2 Å². The third kappa shape index (κ3) is 21.0. The molecule has 0 aromatic rings. The fourth-order valence-electron chi connectivity index (χ4n) is 2.30. The summed E-state index contributed by atoms with van der Waals surface area (Å²) in [5, 5.41) is 0. The second kappa shape index (κ2) is 16.1. The van der Waals surface area contributed by atoms with Crippen LogP contribution in [0.4, 0.5) is 0 Å². The Bertz CT molecular complexity index is 279. The lowest BCUT2D eigenvalue weighted by atomic mass is 10.1. The molecule has 0 spiro atoms. The SMILES string of the molecule is CCCCCCCCCCCCCCCS(=O)(=O)O.[MgH2]. The molecule has 0 heterocycles. The van der Waals surface area contributed by atoms with Gasteiger partial charge in [0.2, 0.25) is 0 Å². The van der Waals surface area contributed by atoms with Crippen LogP contribution in [0.2, 0.25) is 0 Å². The van der Waals surface area contributed by atoms with E-state index in [4.69, 9.17) is 4.55 Å². The number of rotatable bonds is 14. The molecule has 0 bridgehead atoms. The summed E-state index contributed by atoms with van der Waals surface area (Å²) in [7, 11) is -3.74. The van der Waals surface area contributed by atoms with Gasteiger partial charge in [0, 0.05) is 0 Å². The highest BCUT2D eigenvalue weighted by Crippen LogP contribution is 2.12. The summed E-state index contributed by atoms with van der Waals surface area (Å²) in [6, 6.07) is 0. The molecule has 20 heavy (non-hydrogen) atoms. The number of hydrogen-bond donors (Lipinski definition) is 1. The average Bonchev–Trinajstić information content (AvgIpc) is 2.34. The Morgan fingerprint density at radius 1 is 0.650 bits per heavy atom. The monoisotopic (exact) mass is 318 g/mol. The maximum absolute atomic E-state index is 10.5. The van der Waals surface area contributed by atoms with E-state index in [-0.39, 0.29) is 28.8 Å². The third-order valence-corrected chi connectivity index (χ3v) is 4.31. The molecule has 5 heteroatoms. The van der Waals surface area contributed by atoms with Crippen LogP contribution in [-0.2, 0) is 10.1 Å². The highest BCUT2D eigenvalue weighted by molar-refractivity contribution is 7.85. The Hall–Kier alpha value is 0.676. The van der Waals surface area contributed by atoms with Gasteiger partial charge < -0.3 is 0 Å². The predicted octanol–water partition coefficient (Wildman–Crippen LogP) is 4.05. The lowest BCUT2D eigenvalue weighted by molar-refractivity contribution is 0.478. The molecule has 0 rings (SSSR count). The van der Waals surface area contributed by atoms with Gasteiger partial charge in [0.15, 0.2) is 0 Å². The summed E-state index contributed by atoms with van der Waals surface area (Å²) in [4.78, 5) is 0. The zero-order valence-corrected chi connectivity index (χ0v) is 13.4. The first-order valence-corrected chi connectivity index (χ1v) is 9.62. The molecule has 0 unspecified atom stereocenters. The summed E-state index contributed by atoms with van der Waals surface area (Å²) in [5.41, 5.74) is 0. The van der Waals surface area contributed by atoms with Crippen LogP contribution in [0.15, 0.2) is 0 Å². The van der Waals surface area contributed by atoms with Crippen molar-refractivity contribution in [3.63, 3.8) is 0 Å². The average molecular weight is 319 g/mol. The normalized spacial score (nSPS) is 11.3. The molecule has 0 aliphatic rings. The van der Waals surface area contributed by atoms with Crippen LogP contribution in [0.1, 0.15) is 90.4 Å². The maximum atomic E-state index is 10.5. The lowest BCUT2D eigenvalue weighted by Gasteiger charge is -2.02. The minimum Gasteiger partial charge on any atom is -0.286 e. The minimum absolute atomic E-state index is 0. The van der Waals surface area contributed by atoms with Crippen molar-refractivity contribution in [1.82, 2.24) is 0 Å². The number of hydrogen-bond acceptors (Lipinski definition) is 2. The van der Waals surface area contributed by atoms with E-state index in [0.29, 0.717) is 6.42 Å². The van der Waals surface area contributed by atoms with Gasteiger partial charge in [0.25, 0.3) is 10.1 Å². The maximum Gasteiger partial charge on any atom is 0.316 e.